The molecule has 0 aliphatic carbocycles. The highest BCUT2D eigenvalue weighted by Gasteiger charge is 2.38. The summed E-state index contributed by atoms with van der Waals surface area (Å²) in [6.45, 7) is 11.5. The van der Waals surface area contributed by atoms with Crippen molar-refractivity contribution in [2.75, 3.05) is 11.1 Å². The fourth-order valence-electron chi connectivity index (χ4n) is 4.68. The van der Waals surface area contributed by atoms with Crippen molar-refractivity contribution >= 4 is 47.0 Å². The van der Waals surface area contributed by atoms with Gasteiger partial charge in [-0.15, -0.1) is 0 Å². The molecule has 0 saturated carbocycles. The van der Waals surface area contributed by atoms with Crippen LogP contribution in [0.5, 0.6) is 0 Å². The zero-order chi connectivity index (χ0) is 30.2. The maximum Gasteiger partial charge on any atom is 0.408 e. The molecule has 0 radical (unpaired) electrons. The van der Waals surface area contributed by atoms with Crippen molar-refractivity contribution in [3.05, 3.63) is 78.4 Å². The Labute approximate surface area is 249 Å². The molecule has 3 aromatic carbocycles. The number of rotatable bonds is 11. The largest absolute Gasteiger partial charge is 0.444 e. The van der Waals surface area contributed by atoms with E-state index in [9.17, 15) is 14.4 Å². The van der Waals surface area contributed by atoms with Crippen molar-refractivity contribution in [2.45, 2.75) is 78.1 Å². The molecule has 0 spiro atoms. The fraction of sp³-hybridized carbons (Fsp3) is 0.424. The Hall–Kier alpha value is -3.52. The van der Waals surface area contributed by atoms with Gasteiger partial charge in [0.05, 0.1) is 0 Å². The smallest absolute Gasteiger partial charge is 0.408 e. The predicted octanol–water partition coefficient (Wildman–Crippen LogP) is 7.00. The molecular weight excluding hydrogens is 534 g/mol. The minimum atomic E-state index is -0.991. The molecule has 3 rings (SSSR count). The van der Waals surface area contributed by atoms with Crippen LogP contribution >= 0.6 is 12.6 Å². The third-order valence-electron chi connectivity index (χ3n) is 6.72. The molecular formula is C33H43N3O4S. The molecule has 0 saturated heterocycles. The van der Waals surface area contributed by atoms with Gasteiger partial charge in [0, 0.05) is 17.5 Å². The highest BCUT2D eigenvalue weighted by atomic mass is 32.1. The van der Waals surface area contributed by atoms with E-state index in [-0.39, 0.29) is 17.7 Å². The molecule has 220 valence electrons. The van der Waals surface area contributed by atoms with Gasteiger partial charge >= 0.3 is 6.09 Å². The van der Waals surface area contributed by atoms with E-state index in [2.05, 4.69) is 37.1 Å². The second-order valence-electron chi connectivity index (χ2n) is 11.8. The average molecular weight is 578 g/mol. The van der Waals surface area contributed by atoms with Crippen LogP contribution in [-0.4, -0.2) is 46.2 Å². The van der Waals surface area contributed by atoms with Gasteiger partial charge in [-0.3, -0.25) is 9.59 Å². The van der Waals surface area contributed by atoms with Gasteiger partial charge in [-0.05, 0) is 74.9 Å². The molecule has 0 bridgehead atoms. The number of ether oxygens (including phenoxy) is 1. The summed E-state index contributed by atoms with van der Waals surface area (Å²) in [5.74, 6) is -0.285. The number of alkyl carbamates (subject to hydrolysis) is 1. The summed E-state index contributed by atoms with van der Waals surface area (Å²) in [7, 11) is 0. The summed E-state index contributed by atoms with van der Waals surface area (Å²) in [5, 5.41) is 7.79. The zero-order valence-corrected chi connectivity index (χ0v) is 25.8. The first kappa shape index (κ1) is 32.0. The van der Waals surface area contributed by atoms with E-state index in [0.29, 0.717) is 23.6 Å². The maximum atomic E-state index is 14.2. The Morgan fingerprint density at radius 2 is 1.51 bits per heavy atom. The maximum absolute atomic E-state index is 14.2. The van der Waals surface area contributed by atoms with Gasteiger partial charge in [-0.2, -0.15) is 12.6 Å². The number of nitrogens with zero attached hydrogens (tertiary/aromatic N) is 1. The minimum Gasteiger partial charge on any atom is -0.444 e. The molecule has 0 aliphatic rings. The Balaban J connectivity index is 2.01. The lowest BCUT2D eigenvalue weighted by Crippen LogP contribution is -2.55. The molecule has 0 aromatic heterocycles. The Morgan fingerprint density at radius 3 is 2.12 bits per heavy atom. The van der Waals surface area contributed by atoms with E-state index in [0.717, 1.165) is 17.2 Å². The zero-order valence-electron chi connectivity index (χ0n) is 24.9. The molecule has 2 N–H and O–H groups in total. The van der Waals surface area contributed by atoms with Gasteiger partial charge in [0.2, 0.25) is 5.91 Å². The molecule has 0 heterocycles. The molecule has 3 aromatic rings. The fourth-order valence-corrected chi connectivity index (χ4v) is 4.93. The standard InChI is InChI=1S/C33H43N3O4S/c1-22(2)16-17-23(3)36(31(38)28(21-41)35-32(39)40-33(4,5)6)29(25-13-8-7-9-14-25)30(37)34-27-19-18-24-12-10-11-15-26(24)20-27/h7-15,18-20,22-23,28-29,41H,16-17,21H2,1-6H3,(H,34,37)(H,35,39). The number of hydrogen-bond acceptors (Lipinski definition) is 5. The van der Waals surface area contributed by atoms with Crippen molar-refractivity contribution in [1.29, 1.82) is 0 Å². The molecule has 0 aliphatic heterocycles. The van der Waals surface area contributed by atoms with Crippen molar-refractivity contribution in [3.63, 3.8) is 0 Å². The molecule has 8 heteroatoms. The predicted molar refractivity (Wildman–Crippen MR) is 169 cm³/mol. The number of amides is 3. The van der Waals surface area contributed by atoms with Crippen LogP contribution in [-0.2, 0) is 14.3 Å². The normalized spacial score (nSPS) is 13.8. The second kappa shape index (κ2) is 14.4. The minimum absolute atomic E-state index is 0.0410. The van der Waals surface area contributed by atoms with Gasteiger partial charge in [-0.25, -0.2) is 4.79 Å². The number of fused-ring (bicyclic) bond motifs is 1. The first-order valence-corrected chi connectivity index (χ1v) is 14.8. The van der Waals surface area contributed by atoms with Crippen LogP contribution in [0.4, 0.5) is 10.5 Å². The molecule has 3 amide bonds. The quantitative estimate of drug-likeness (QED) is 0.214. The van der Waals surface area contributed by atoms with E-state index in [1.165, 1.54) is 0 Å². The van der Waals surface area contributed by atoms with Crippen molar-refractivity contribution < 1.29 is 19.1 Å². The number of benzene rings is 3. The van der Waals surface area contributed by atoms with Crippen LogP contribution in [0.25, 0.3) is 10.8 Å². The third-order valence-corrected chi connectivity index (χ3v) is 7.09. The van der Waals surface area contributed by atoms with Crippen LogP contribution in [0.3, 0.4) is 0 Å². The Bertz CT molecular complexity index is 1320. The lowest BCUT2D eigenvalue weighted by molar-refractivity contribution is -0.143. The third kappa shape index (κ3) is 9.25. The Morgan fingerprint density at radius 1 is 0.878 bits per heavy atom. The second-order valence-corrected chi connectivity index (χ2v) is 12.2. The summed E-state index contributed by atoms with van der Waals surface area (Å²) in [4.78, 5) is 42.6. The highest BCUT2D eigenvalue weighted by molar-refractivity contribution is 7.80. The van der Waals surface area contributed by atoms with Crippen LogP contribution in [0, 0.1) is 5.92 Å². The van der Waals surface area contributed by atoms with Crippen LogP contribution in [0.1, 0.15) is 66.0 Å². The number of anilines is 1. The van der Waals surface area contributed by atoms with Crippen molar-refractivity contribution in [1.82, 2.24) is 10.2 Å². The van der Waals surface area contributed by atoms with Crippen LogP contribution in [0.2, 0.25) is 0 Å². The van der Waals surface area contributed by atoms with Crippen LogP contribution < -0.4 is 10.6 Å². The lowest BCUT2D eigenvalue weighted by Gasteiger charge is -2.38. The van der Waals surface area contributed by atoms with Crippen molar-refractivity contribution in [2.24, 2.45) is 5.92 Å². The summed E-state index contributed by atoms with van der Waals surface area (Å²) in [6.07, 6.45) is 0.836. The van der Waals surface area contributed by atoms with E-state index in [1.54, 1.807) is 25.7 Å². The number of nitrogens with one attached hydrogen (secondary N) is 2. The first-order valence-electron chi connectivity index (χ1n) is 14.2. The van der Waals surface area contributed by atoms with Gasteiger partial charge in [-0.1, -0.05) is 74.5 Å². The van der Waals surface area contributed by atoms with E-state index >= 15 is 0 Å². The van der Waals surface area contributed by atoms with E-state index < -0.39 is 29.7 Å². The molecule has 3 unspecified atom stereocenters. The van der Waals surface area contributed by atoms with Gasteiger partial charge in [0.15, 0.2) is 0 Å². The molecule has 7 nitrogen and oxygen atoms in total. The number of hydrogen-bond donors (Lipinski definition) is 3. The lowest BCUT2D eigenvalue weighted by atomic mass is 9.97. The SMILES string of the molecule is CC(C)CCC(C)N(C(=O)C(CS)NC(=O)OC(C)(C)C)C(C(=O)Nc1ccc2ccccc2c1)c1ccccc1. The topological polar surface area (TPSA) is 87.7 Å². The summed E-state index contributed by atoms with van der Waals surface area (Å²) in [5.41, 5.74) is 0.574. The summed E-state index contributed by atoms with van der Waals surface area (Å²) in [6, 6.07) is 20.7. The van der Waals surface area contributed by atoms with E-state index in [4.69, 9.17) is 4.74 Å². The summed E-state index contributed by atoms with van der Waals surface area (Å²) >= 11 is 4.39. The van der Waals surface area contributed by atoms with Gasteiger partial charge in [0.25, 0.3) is 5.91 Å². The number of carbonyl (C=O) groups is 3. The average Bonchev–Trinajstić information content (AvgIpc) is 2.92. The highest BCUT2D eigenvalue weighted by Crippen LogP contribution is 2.29. The van der Waals surface area contributed by atoms with E-state index in [1.807, 2.05) is 79.7 Å². The number of thiol groups is 1. The molecule has 3 atom stereocenters. The first-order chi connectivity index (χ1) is 19.4. The molecule has 0 fully saturated rings. The van der Waals surface area contributed by atoms with Gasteiger partial charge < -0.3 is 20.3 Å². The summed E-state index contributed by atoms with van der Waals surface area (Å²) < 4.78 is 5.41. The molecule has 41 heavy (non-hydrogen) atoms. The van der Waals surface area contributed by atoms with Crippen LogP contribution in [0.15, 0.2) is 72.8 Å². The monoisotopic (exact) mass is 577 g/mol. The van der Waals surface area contributed by atoms with Crippen molar-refractivity contribution in [3.8, 4) is 0 Å². The Kier molecular flexibility index (Phi) is 11.2. The number of carbonyl (C=O) groups excluding carboxylic acids is 3. The van der Waals surface area contributed by atoms with Gasteiger partial charge in [0.1, 0.15) is 17.7 Å².